The molecule has 1 saturated carbocycles. The Bertz CT molecular complexity index is 278. The number of rotatable bonds is 2. The highest BCUT2D eigenvalue weighted by Crippen LogP contribution is 2.41. The summed E-state index contributed by atoms with van der Waals surface area (Å²) in [4.78, 5) is 17.7. The largest absolute Gasteiger partial charge is 0.387 e. The van der Waals surface area contributed by atoms with Crippen LogP contribution in [0.5, 0.6) is 0 Å². The van der Waals surface area contributed by atoms with E-state index in [1.54, 1.807) is 0 Å². The van der Waals surface area contributed by atoms with Crippen molar-refractivity contribution < 1.29 is 39.8 Å². The molecule has 8 nitrogen and oxygen atoms in total. The van der Waals surface area contributed by atoms with Gasteiger partial charge < -0.3 is 35.3 Å². The van der Waals surface area contributed by atoms with Crippen molar-refractivity contribution in [2.24, 2.45) is 0 Å². The highest BCUT2D eigenvalue weighted by molar-refractivity contribution is 8.06. The van der Waals surface area contributed by atoms with Crippen molar-refractivity contribution in [2.75, 3.05) is 0 Å². The van der Waals surface area contributed by atoms with Gasteiger partial charge in [-0.05, 0) is 11.8 Å². The van der Waals surface area contributed by atoms with Gasteiger partial charge in [-0.1, -0.05) is 0 Å². The molecule has 0 bridgehead atoms. The third kappa shape index (κ3) is 2.96. The van der Waals surface area contributed by atoms with Crippen molar-refractivity contribution in [3.05, 3.63) is 0 Å². The lowest BCUT2D eigenvalue weighted by atomic mass is 9.85. The van der Waals surface area contributed by atoms with Crippen LogP contribution in [0.3, 0.4) is 0 Å². The van der Waals surface area contributed by atoms with Crippen LogP contribution in [0.1, 0.15) is 0 Å². The lowest BCUT2D eigenvalue weighted by Crippen LogP contribution is -2.64. The van der Waals surface area contributed by atoms with E-state index in [4.69, 9.17) is 9.79 Å². The normalized spacial score (nSPS) is 45.7. The van der Waals surface area contributed by atoms with E-state index in [0.29, 0.717) is 0 Å². The predicted octanol–water partition coefficient (Wildman–Crippen LogP) is -3.60. The fraction of sp³-hybridized carbons (Fsp3) is 1.00. The summed E-state index contributed by atoms with van der Waals surface area (Å²) in [7, 11) is 0. The topological polar surface area (TPSA) is 151 Å². The Labute approximate surface area is 95.6 Å². The van der Waals surface area contributed by atoms with Gasteiger partial charge in [-0.25, -0.2) is 0 Å². The van der Waals surface area contributed by atoms with Gasteiger partial charge in [0.25, 0.3) is 0 Å². The van der Waals surface area contributed by atoms with Crippen LogP contribution in [0.2, 0.25) is 0 Å². The monoisotopic (exact) mass is 276 g/mol. The van der Waals surface area contributed by atoms with E-state index in [0.717, 1.165) is 0 Å². The molecule has 0 aliphatic heterocycles. The molecule has 0 saturated heterocycles. The van der Waals surface area contributed by atoms with Crippen LogP contribution >= 0.6 is 6.72 Å². The highest BCUT2D eigenvalue weighted by Gasteiger charge is 2.50. The number of hydrogen-bond acceptors (Lipinski definition) is 7. The maximum atomic E-state index is 9.40. The lowest BCUT2D eigenvalue weighted by Gasteiger charge is -2.41. The number of hydrogen-bond donors (Lipinski definition) is 7. The number of aliphatic hydroxyl groups excluding tert-OH is 5. The summed E-state index contributed by atoms with van der Waals surface area (Å²) in [5, 5.41) is 46.5. The first-order valence-corrected chi connectivity index (χ1v) is 6.92. The molecule has 10 heteroatoms. The summed E-state index contributed by atoms with van der Waals surface area (Å²) in [5.74, 6) is 0. The van der Waals surface area contributed by atoms with E-state index in [-0.39, 0.29) is 0 Å². The van der Waals surface area contributed by atoms with Gasteiger partial charge in [0.2, 0.25) is 0 Å². The Hall–Kier alpha value is 0.330. The summed E-state index contributed by atoms with van der Waals surface area (Å²) in [6.07, 6.45) is -10.6. The van der Waals surface area contributed by atoms with Crippen LogP contribution in [0.25, 0.3) is 0 Å². The lowest BCUT2D eigenvalue weighted by molar-refractivity contribution is -0.218. The average Bonchev–Trinajstić information content (AvgIpc) is 2.17. The average molecular weight is 276 g/mol. The molecule has 0 amide bonds. The van der Waals surface area contributed by atoms with Crippen LogP contribution in [0, 0.1) is 0 Å². The molecular weight excluding hydrogens is 263 g/mol. The van der Waals surface area contributed by atoms with Crippen molar-refractivity contribution in [1.82, 2.24) is 0 Å². The van der Waals surface area contributed by atoms with E-state index >= 15 is 0 Å². The summed E-state index contributed by atoms with van der Waals surface area (Å²) in [5.41, 5.74) is 0. The van der Waals surface area contributed by atoms with E-state index < -0.39 is 43.3 Å². The second kappa shape index (κ2) is 4.91. The SMILES string of the molecule is OC1[C@@H](O)[C@H](O)C(OP(O)(O)=S)[C@@H](O)[C@H]1O. The van der Waals surface area contributed by atoms with Gasteiger partial charge in [0.05, 0.1) is 0 Å². The molecule has 2 unspecified atom stereocenters. The minimum absolute atomic E-state index is 1.69. The Morgan fingerprint density at radius 1 is 0.750 bits per heavy atom. The second-order valence-electron chi connectivity index (χ2n) is 3.51. The van der Waals surface area contributed by atoms with Gasteiger partial charge >= 0.3 is 6.72 Å². The molecule has 96 valence electrons. The van der Waals surface area contributed by atoms with Gasteiger partial charge in [0.1, 0.15) is 36.6 Å². The smallest absolute Gasteiger partial charge is 0.322 e. The highest BCUT2D eigenvalue weighted by atomic mass is 32.5. The minimum atomic E-state index is -4.17. The van der Waals surface area contributed by atoms with Crippen LogP contribution < -0.4 is 0 Å². The summed E-state index contributed by atoms with van der Waals surface area (Å²) in [6.45, 7) is -4.17. The predicted molar refractivity (Wildman–Crippen MR) is 53.6 cm³/mol. The minimum Gasteiger partial charge on any atom is -0.387 e. The van der Waals surface area contributed by atoms with Gasteiger partial charge in [-0.15, -0.1) is 0 Å². The molecular formula is C6H13O8PS. The molecule has 1 fully saturated rings. The molecule has 0 aromatic rings. The van der Waals surface area contributed by atoms with Crippen LogP contribution in [-0.4, -0.2) is 71.9 Å². The fourth-order valence-corrected chi connectivity index (χ4v) is 2.34. The molecule has 6 atom stereocenters. The standard InChI is InChI=1S/C6H13O8PS/c7-1-2(8)4(10)6(5(11)3(1)9)14-15(12,13)16/h1-11H,(H2,12,13,16)/t1?,2-,3+,4-,5-,6?/m0/s1. The zero-order valence-electron chi connectivity index (χ0n) is 7.86. The van der Waals surface area contributed by atoms with Gasteiger partial charge in [-0.2, -0.15) is 0 Å². The van der Waals surface area contributed by atoms with Crippen LogP contribution in [-0.2, 0) is 16.3 Å². The quantitative estimate of drug-likeness (QED) is 0.254. The van der Waals surface area contributed by atoms with Gasteiger partial charge in [0, 0.05) is 0 Å². The molecule has 7 N–H and O–H groups in total. The van der Waals surface area contributed by atoms with E-state index in [1.165, 1.54) is 0 Å². The molecule has 0 radical (unpaired) electrons. The van der Waals surface area contributed by atoms with Gasteiger partial charge in [0.15, 0.2) is 0 Å². The Kier molecular flexibility index (Phi) is 4.41. The third-order valence-electron chi connectivity index (χ3n) is 2.33. The van der Waals surface area contributed by atoms with Crippen molar-refractivity contribution in [3.8, 4) is 0 Å². The van der Waals surface area contributed by atoms with E-state index in [1.807, 2.05) is 0 Å². The number of aliphatic hydroxyl groups is 5. The zero-order chi connectivity index (χ0) is 12.7. The Balaban J connectivity index is 2.87. The molecule has 0 aromatic carbocycles. The van der Waals surface area contributed by atoms with Crippen LogP contribution in [0.4, 0.5) is 0 Å². The maximum Gasteiger partial charge on any atom is 0.322 e. The Morgan fingerprint density at radius 2 is 1.06 bits per heavy atom. The van der Waals surface area contributed by atoms with E-state index in [2.05, 4.69) is 16.3 Å². The Morgan fingerprint density at radius 3 is 1.38 bits per heavy atom. The van der Waals surface area contributed by atoms with Crippen molar-refractivity contribution in [2.45, 2.75) is 36.6 Å². The molecule has 1 aliphatic carbocycles. The summed E-state index contributed by atoms with van der Waals surface area (Å²) in [6, 6.07) is 0. The fourth-order valence-electron chi connectivity index (χ4n) is 1.48. The molecule has 0 aromatic heterocycles. The van der Waals surface area contributed by atoms with E-state index in [9.17, 15) is 25.5 Å². The molecule has 0 heterocycles. The molecule has 0 spiro atoms. The maximum absolute atomic E-state index is 9.40. The third-order valence-corrected chi connectivity index (χ3v) is 3.11. The van der Waals surface area contributed by atoms with Gasteiger partial charge in [-0.3, -0.25) is 4.52 Å². The first-order valence-electron chi connectivity index (χ1n) is 4.29. The van der Waals surface area contributed by atoms with Crippen LogP contribution in [0.15, 0.2) is 0 Å². The van der Waals surface area contributed by atoms with Crippen molar-refractivity contribution in [3.63, 3.8) is 0 Å². The molecule has 1 rings (SSSR count). The first-order chi connectivity index (χ1) is 7.15. The molecule has 16 heavy (non-hydrogen) atoms. The first kappa shape index (κ1) is 14.4. The summed E-state index contributed by atoms with van der Waals surface area (Å²) >= 11 is 4.13. The van der Waals surface area contributed by atoms with Crippen molar-refractivity contribution >= 4 is 18.5 Å². The summed E-state index contributed by atoms with van der Waals surface area (Å²) < 4.78 is 4.40. The second-order valence-corrected chi connectivity index (χ2v) is 6.13. The zero-order valence-corrected chi connectivity index (χ0v) is 9.57. The molecule has 1 aliphatic rings. The van der Waals surface area contributed by atoms with Crippen molar-refractivity contribution in [1.29, 1.82) is 0 Å².